The molecule has 0 bridgehead atoms. The van der Waals surface area contributed by atoms with Crippen molar-refractivity contribution < 1.29 is 13.9 Å². The van der Waals surface area contributed by atoms with Gasteiger partial charge in [-0.3, -0.25) is 0 Å². The van der Waals surface area contributed by atoms with E-state index in [0.717, 1.165) is 10.9 Å². The minimum atomic E-state index is -1.02. The van der Waals surface area contributed by atoms with E-state index in [0.29, 0.717) is 6.54 Å². The maximum Gasteiger partial charge on any atom is 0.163 e. The third-order valence-corrected chi connectivity index (χ3v) is 3.97. The van der Waals surface area contributed by atoms with Crippen molar-refractivity contribution in [1.82, 2.24) is 5.32 Å². The normalized spacial score (nSPS) is 14.3. The fraction of sp³-hybridized carbons (Fsp3) is 0.286. The average molecular weight is 283 g/mol. The summed E-state index contributed by atoms with van der Waals surface area (Å²) in [6.07, 6.45) is 0. The monoisotopic (exact) mass is 283 g/mol. The van der Waals surface area contributed by atoms with Crippen LogP contribution in [-0.4, -0.2) is 11.7 Å². The number of thiophene rings is 1. The third-order valence-electron chi connectivity index (χ3n) is 3.10. The second-order valence-electron chi connectivity index (χ2n) is 4.52. The molecule has 1 atom stereocenters. The van der Waals surface area contributed by atoms with E-state index < -0.39 is 17.2 Å². The summed E-state index contributed by atoms with van der Waals surface area (Å²) in [5, 5.41) is 14.6. The Kier molecular flexibility index (Phi) is 4.29. The zero-order valence-electron chi connectivity index (χ0n) is 10.5. The molecule has 0 fully saturated rings. The number of nitrogens with one attached hydrogen (secondary N) is 1. The molecule has 0 saturated carbocycles. The van der Waals surface area contributed by atoms with Gasteiger partial charge in [0.25, 0.3) is 0 Å². The predicted molar refractivity (Wildman–Crippen MR) is 72.0 cm³/mol. The Balaban J connectivity index is 2.23. The Morgan fingerprint density at radius 2 is 2.05 bits per heavy atom. The highest BCUT2D eigenvalue weighted by molar-refractivity contribution is 7.09. The van der Waals surface area contributed by atoms with Gasteiger partial charge < -0.3 is 10.4 Å². The van der Waals surface area contributed by atoms with Crippen molar-refractivity contribution in [3.05, 3.63) is 57.8 Å². The van der Waals surface area contributed by atoms with Gasteiger partial charge in [0.05, 0.1) is 12.1 Å². The lowest BCUT2D eigenvalue weighted by Gasteiger charge is -2.29. The van der Waals surface area contributed by atoms with Gasteiger partial charge in [0.1, 0.15) is 0 Å². The summed E-state index contributed by atoms with van der Waals surface area (Å²) in [5.41, 5.74) is -0.887. The standard InChI is InChI=1S/C14H15F2NOS/c1-14(9-18,17-8-10-4-3-7-19-10)11-5-2-6-12(15)13(11)16/h2-7,17-18H,8-9H2,1H3. The van der Waals surface area contributed by atoms with Gasteiger partial charge in [-0.25, -0.2) is 8.78 Å². The molecule has 0 amide bonds. The molecule has 1 unspecified atom stereocenters. The third kappa shape index (κ3) is 3.00. The Morgan fingerprint density at radius 1 is 1.26 bits per heavy atom. The van der Waals surface area contributed by atoms with Crippen molar-refractivity contribution in [2.75, 3.05) is 6.61 Å². The van der Waals surface area contributed by atoms with Crippen molar-refractivity contribution in [2.45, 2.75) is 19.0 Å². The molecular formula is C14H15F2NOS. The molecule has 1 heterocycles. The molecule has 102 valence electrons. The van der Waals surface area contributed by atoms with Crippen molar-refractivity contribution in [3.8, 4) is 0 Å². The van der Waals surface area contributed by atoms with E-state index in [1.54, 1.807) is 18.3 Å². The minimum Gasteiger partial charge on any atom is -0.394 e. The highest BCUT2D eigenvalue weighted by Gasteiger charge is 2.29. The number of rotatable bonds is 5. The summed E-state index contributed by atoms with van der Waals surface area (Å²) in [7, 11) is 0. The molecule has 0 aliphatic heterocycles. The first-order chi connectivity index (χ1) is 9.07. The van der Waals surface area contributed by atoms with Crippen LogP contribution in [0.4, 0.5) is 8.78 Å². The summed E-state index contributed by atoms with van der Waals surface area (Å²) in [4.78, 5) is 1.07. The number of halogens is 2. The zero-order chi connectivity index (χ0) is 13.9. The smallest absolute Gasteiger partial charge is 0.163 e. The van der Waals surface area contributed by atoms with Crippen LogP contribution in [-0.2, 0) is 12.1 Å². The Bertz CT molecular complexity index is 544. The van der Waals surface area contributed by atoms with Crippen LogP contribution in [0.25, 0.3) is 0 Å². The molecule has 5 heteroatoms. The second-order valence-corrected chi connectivity index (χ2v) is 5.56. The van der Waals surface area contributed by atoms with E-state index in [1.165, 1.54) is 12.1 Å². The minimum absolute atomic E-state index is 0.131. The number of aliphatic hydroxyl groups excluding tert-OH is 1. The molecule has 1 aromatic carbocycles. The molecule has 2 nitrogen and oxygen atoms in total. The van der Waals surface area contributed by atoms with Crippen molar-refractivity contribution in [2.24, 2.45) is 0 Å². The molecule has 2 N–H and O–H groups in total. The lowest BCUT2D eigenvalue weighted by Crippen LogP contribution is -2.43. The van der Waals surface area contributed by atoms with Crippen LogP contribution >= 0.6 is 11.3 Å². The molecule has 0 radical (unpaired) electrons. The Labute approximate surface area is 114 Å². The first kappa shape index (κ1) is 14.1. The fourth-order valence-corrected chi connectivity index (χ4v) is 2.51. The first-order valence-electron chi connectivity index (χ1n) is 5.89. The quantitative estimate of drug-likeness (QED) is 0.884. The van der Waals surface area contributed by atoms with Crippen molar-refractivity contribution >= 4 is 11.3 Å². The molecule has 0 saturated heterocycles. The van der Waals surface area contributed by atoms with Crippen LogP contribution < -0.4 is 5.32 Å². The summed E-state index contributed by atoms with van der Waals surface area (Å²) in [6, 6.07) is 7.85. The van der Waals surface area contributed by atoms with E-state index in [-0.39, 0.29) is 12.2 Å². The van der Waals surface area contributed by atoms with Gasteiger partial charge in [-0.2, -0.15) is 0 Å². The maximum absolute atomic E-state index is 13.8. The van der Waals surface area contributed by atoms with Crippen LogP contribution in [0.15, 0.2) is 35.7 Å². The first-order valence-corrected chi connectivity index (χ1v) is 6.77. The fourth-order valence-electron chi connectivity index (χ4n) is 1.86. The van der Waals surface area contributed by atoms with E-state index in [1.807, 2.05) is 17.5 Å². The van der Waals surface area contributed by atoms with Crippen LogP contribution in [0.3, 0.4) is 0 Å². The lowest BCUT2D eigenvalue weighted by atomic mass is 9.92. The Morgan fingerprint density at radius 3 is 2.68 bits per heavy atom. The molecule has 1 aromatic heterocycles. The maximum atomic E-state index is 13.8. The second kappa shape index (κ2) is 5.77. The van der Waals surface area contributed by atoms with Gasteiger partial charge in [0.15, 0.2) is 11.6 Å². The van der Waals surface area contributed by atoms with Crippen LogP contribution in [0, 0.1) is 11.6 Å². The molecule has 0 spiro atoms. The number of aliphatic hydroxyl groups is 1. The number of hydrogen-bond donors (Lipinski definition) is 2. The Hall–Kier alpha value is -1.30. The van der Waals surface area contributed by atoms with Gasteiger partial charge in [0, 0.05) is 17.0 Å². The lowest BCUT2D eigenvalue weighted by molar-refractivity contribution is 0.169. The molecule has 0 aliphatic carbocycles. The summed E-state index contributed by atoms with van der Waals surface area (Å²) < 4.78 is 27.1. The van der Waals surface area contributed by atoms with Gasteiger partial charge in [-0.15, -0.1) is 11.3 Å². The van der Waals surface area contributed by atoms with E-state index in [2.05, 4.69) is 5.32 Å². The number of benzene rings is 1. The molecule has 0 aliphatic rings. The molecule has 19 heavy (non-hydrogen) atoms. The van der Waals surface area contributed by atoms with Gasteiger partial charge in [0.2, 0.25) is 0 Å². The van der Waals surface area contributed by atoms with Crippen molar-refractivity contribution in [3.63, 3.8) is 0 Å². The molecular weight excluding hydrogens is 268 g/mol. The SMILES string of the molecule is CC(CO)(NCc1cccs1)c1cccc(F)c1F. The van der Waals surface area contributed by atoms with Gasteiger partial charge >= 0.3 is 0 Å². The average Bonchev–Trinajstić information content (AvgIpc) is 2.92. The molecule has 2 rings (SSSR count). The van der Waals surface area contributed by atoms with E-state index in [9.17, 15) is 13.9 Å². The summed E-state index contributed by atoms with van der Waals surface area (Å²) in [6.45, 7) is 1.82. The largest absolute Gasteiger partial charge is 0.394 e. The van der Waals surface area contributed by atoms with E-state index >= 15 is 0 Å². The van der Waals surface area contributed by atoms with Crippen LogP contribution in [0.2, 0.25) is 0 Å². The van der Waals surface area contributed by atoms with E-state index in [4.69, 9.17) is 0 Å². The summed E-state index contributed by atoms with van der Waals surface area (Å²) >= 11 is 1.56. The summed E-state index contributed by atoms with van der Waals surface area (Å²) in [5.74, 6) is -1.83. The zero-order valence-corrected chi connectivity index (χ0v) is 11.3. The number of hydrogen-bond acceptors (Lipinski definition) is 3. The topological polar surface area (TPSA) is 32.3 Å². The van der Waals surface area contributed by atoms with Gasteiger partial charge in [-0.05, 0) is 24.4 Å². The highest BCUT2D eigenvalue weighted by atomic mass is 32.1. The van der Waals surface area contributed by atoms with Crippen LogP contribution in [0.5, 0.6) is 0 Å². The predicted octanol–water partition coefficient (Wildman–Crippen LogP) is 3.02. The van der Waals surface area contributed by atoms with Crippen molar-refractivity contribution in [1.29, 1.82) is 0 Å². The highest BCUT2D eigenvalue weighted by Crippen LogP contribution is 2.25. The van der Waals surface area contributed by atoms with Crippen LogP contribution in [0.1, 0.15) is 17.4 Å². The van der Waals surface area contributed by atoms with Gasteiger partial charge in [-0.1, -0.05) is 18.2 Å². The molecule has 2 aromatic rings.